The molecule has 0 aliphatic rings. The predicted octanol–water partition coefficient (Wildman–Crippen LogP) is 1.95. The van der Waals surface area contributed by atoms with E-state index in [1.165, 1.54) is 36.7 Å². The number of hydrogen-bond donors (Lipinski definition) is 1. The molecule has 7 heteroatoms. The van der Waals surface area contributed by atoms with Crippen LogP contribution in [0.3, 0.4) is 0 Å². The molecular weight excluding hydrogens is 248 g/mol. The Morgan fingerprint density at radius 3 is 2.42 bits per heavy atom. The zero-order chi connectivity index (χ0) is 13.8. The number of carbonyl (C=O) groups excluding carboxylic acids is 1. The standard InChI is InChI=1S/C12H10N4O3/c1-8-6-14-11(7-13-8)15-12(17)9-2-4-10(5-3-9)16(18)19/h2-7H,1H3,(H,14,15,17). The molecule has 1 N–H and O–H groups in total. The molecule has 7 nitrogen and oxygen atoms in total. The first-order chi connectivity index (χ1) is 9.06. The Balaban J connectivity index is 2.11. The van der Waals surface area contributed by atoms with Crippen LogP contribution in [0.1, 0.15) is 16.1 Å². The van der Waals surface area contributed by atoms with E-state index < -0.39 is 10.8 Å². The maximum Gasteiger partial charge on any atom is 0.269 e. The minimum Gasteiger partial charge on any atom is -0.305 e. The van der Waals surface area contributed by atoms with Crippen LogP contribution < -0.4 is 5.32 Å². The second-order valence-corrected chi connectivity index (χ2v) is 3.80. The minimum atomic E-state index is -0.521. The Kier molecular flexibility index (Phi) is 3.46. The number of aryl methyl sites for hydroxylation is 1. The second-order valence-electron chi connectivity index (χ2n) is 3.80. The van der Waals surface area contributed by atoms with Gasteiger partial charge in [-0.3, -0.25) is 19.9 Å². The van der Waals surface area contributed by atoms with Gasteiger partial charge in [-0.25, -0.2) is 4.98 Å². The van der Waals surface area contributed by atoms with Crippen molar-refractivity contribution in [3.8, 4) is 0 Å². The van der Waals surface area contributed by atoms with Gasteiger partial charge in [0, 0.05) is 17.7 Å². The first-order valence-electron chi connectivity index (χ1n) is 5.41. The molecule has 0 fully saturated rings. The SMILES string of the molecule is Cc1cnc(NC(=O)c2ccc([N+](=O)[O-])cc2)cn1. The number of carbonyl (C=O) groups is 1. The van der Waals surface area contributed by atoms with Gasteiger partial charge in [-0.1, -0.05) is 0 Å². The molecule has 0 aliphatic carbocycles. The van der Waals surface area contributed by atoms with Gasteiger partial charge in [0.1, 0.15) is 0 Å². The highest BCUT2D eigenvalue weighted by molar-refractivity contribution is 6.03. The van der Waals surface area contributed by atoms with Crippen LogP contribution >= 0.6 is 0 Å². The quantitative estimate of drug-likeness (QED) is 0.670. The molecule has 2 aromatic rings. The number of amides is 1. The summed E-state index contributed by atoms with van der Waals surface area (Å²) in [5.41, 5.74) is 0.994. The van der Waals surface area contributed by atoms with Gasteiger partial charge in [0.15, 0.2) is 5.82 Å². The number of nitrogens with zero attached hydrogens (tertiary/aromatic N) is 3. The third-order valence-corrected chi connectivity index (χ3v) is 2.36. The van der Waals surface area contributed by atoms with Crippen molar-refractivity contribution < 1.29 is 9.72 Å². The molecule has 1 aromatic carbocycles. The lowest BCUT2D eigenvalue weighted by molar-refractivity contribution is -0.384. The van der Waals surface area contributed by atoms with E-state index in [4.69, 9.17) is 0 Å². The van der Waals surface area contributed by atoms with E-state index in [1.807, 2.05) is 0 Å². The van der Waals surface area contributed by atoms with E-state index in [0.717, 1.165) is 5.69 Å². The summed E-state index contributed by atoms with van der Waals surface area (Å²) >= 11 is 0. The molecule has 19 heavy (non-hydrogen) atoms. The highest BCUT2D eigenvalue weighted by Crippen LogP contribution is 2.13. The van der Waals surface area contributed by atoms with Gasteiger partial charge in [0.2, 0.25) is 0 Å². The van der Waals surface area contributed by atoms with Gasteiger partial charge < -0.3 is 5.32 Å². The van der Waals surface area contributed by atoms with Gasteiger partial charge in [-0.2, -0.15) is 0 Å². The average molecular weight is 258 g/mol. The summed E-state index contributed by atoms with van der Waals surface area (Å²) in [6.07, 6.45) is 2.98. The number of nitro benzene ring substituents is 1. The van der Waals surface area contributed by atoms with Crippen molar-refractivity contribution in [1.82, 2.24) is 9.97 Å². The van der Waals surface area contributed by atoms with Gasteiger partial charge in [0.25, 0.3) is 11.6 Å². The number of nitro groups is 1. The third-order valence-electron chi connectivity index (χ3n) is 2.36. The summed E-state index contributed by atoms with van der Waals surface area (Å²) in [5, 5.41) is 13.0. The number of nitrogens with one attached hydrogen (secondary N) is 1. The zero-order valence-corrected chi connectivity index (χ0v) is 10.0. The van der Waals surface area contributed by atoms with Crippen molar-refractivity contribution in [2.45, 2.75) is 6.92 Å². The highest BCUT2D eigenvalue weighted by Gasteiger charge is 2.10. The second kappa shape index (κ2) is 5.21. The van der Waals surface area contributed by atoms with Crippen LogP contribution in [0.15, 0.2) is 36.7 Å². The molecule has 0 unspecified atom stereocenters. The molecule has 96 valence electrons. The van der Waals surface area contributed by atoms with Crippen LogP contribution in [0.25, 0.3) is 0 Å². The molecule has 1 amide bonds. The first kappa shape index (κ1) is 12.6. The topological polar surface area (TPSA) is 98.0 Å². The fraction of sp³-hybridized carbons (Fsp3) is 0.0833. The van der Waals surface area contributed by atoms with E-state index >= 15 is 0 Å². The first-order valence-corrected chi connectivity index (χ1v) is 5.41. The molecular formula is C12H10N4O3. The van der Waals surface area contributed by atoms with E-state index in [1.54, 1.807) is 6.92 Å². The lowest BCUT2D eigenvalue weighted by Crippen LogP contribution is -2.13. The summed E-state index contributed by atoms with van der Waals surface area (Å²) < 4.78 is 0. The van der Waals surface area contributed by atoms with Crippen molar-refractivity contribution in [2.24, 2.45) is 0 Å². The molecule has 1 aromatic heterocycles. The fourth-order valence-corrected chi connectivity index (χ4v) is 1.38. The van der Waals surface area contributed by atoms with E-state index in [9.17, 15) is 14.9 Å². The number of benzene rings is 1. The summed E-state index contributed by atoms with van der Waals surface area (Å²) in [6.45, 7) is 1.79. The van der Waals surface area contributed by atoms with Crippen LogP contribution in [0.2, 0.25) is 0 Å². The van der Waals surface area contributed by atoms with E-state index in [2.05, 4.69) is 15.3 Å². The minimum absolute atomic E-state index is 0.0633. The predicted molar refractivity (Wildman–Crippen MR) is 67.8 cm³/mol. The maximum absolute atomic E-state index is 11.8. The Labute approximate surface area is 108 Å². The van der Waals surface area contributed by atoms with Crippen LogP contribution in [0.5, 0.6) is 0 Å². The molecule has 0 aliphatic heterocycles. The molecule has 0 atom stereocenters. The maximum atomic E-state index is 11.8. The van der Waals surface area contributed by atoms with Gasteiger partial charge in [0.05, 0.1) is 23.0 Å². The highest BCUT2D eigenvalue weighted by atomic mass is 16.6. The molecule has 0 spiro atoms. The number of anilines is 1. The van der Waals surface area contributed by atoms with Crippen molar-refractivity contribution in [3.05, 3.63) is 58.0 Å². The Bertz CT molecular complexity index is 608. The largest absolute Gasteiger partial charge is 0.305 e. The van der Waals surface area contributed by atoms with Crippen molar-refractivity contribution in [2.75, 3.05) is 5.32 Å². The van der Waals surface area contributed by atoms with Crippen LogP contribution in [0.4, 0.5) is 11.5 Å². The Morgan fingerprint density at radius 1 is 1.21 bits per heavy atom. The molecule has 0 saturated heterocycles. The molecule has 2 rings (SSSR count). The molecule has 0 saturated carbocycles. The Morgan fingerprint density at radius 2 is 1.89 bits per heavy atom. The summed E-state index contributed by atoms with van der Waals surface area (Å²) in [6, 6.07) is 5.32. The lowest BCUT2D eigenvalue weighted by atomic mass is 10.2. The normalized spacial score (nSPS) is 9.95. The van der Waals surface area contributed by atoms with E-state index in [0.29, 0.717) is 11.4 Å². The lowest BCUT2D eigenvalue weighted by Gasteiger charge is -2.03. The monoisotopic (exact) mass is 258 g/mol. The van der Waals surface area contributed by atoms with Gasteiger partial charge in [-0.15, -0.1) is 0 Å². The average Bonchev–Trinajstić information content (AvgIpc) is 2.41. The number of non-ortho nitro benzene ring substituents is 1. The molecule has 1 heterocycles. The number of aromatic nitrogens is 2. The number of hydrogen-bond acceptors (Lipinski definition) is 5. The van der Waals surface area contributed by atoms with Crippen LogP contribution in [0, 0.1) is 17.0 Å². The summed E-state index contributed by atoms with van der Waals surface area (Å²) in [4.78, 5) is 29.8. The van der Waals surface area contributed by atoms with Crippen molar-refractivity contribution in [1.29, 1.82) is 0 Å². The van der Waals surface area contributed by atoms with Crippen molar-refractivity contribution in [3.63, 3.8) is 0 Å². The Hall–Kier alpha value is -2.83. The van der Waals surface area contributed by atoms with Crippen molar-refractivity contribution >= 4 is 17.4 Å². The third kappa shape index (κ3) is 3.09. The smallest absolute Gasteiger partial charge is 0.269 e. The molecule has 0 radical (unpaired) electrons. The van der Waals surface area contributed by atoms with Gasteiger partial charge >= 0.3 is 0 Å². The van der Waals surface area contributed by atoms with Crippen LogP contribution in [-0.4, -0.2) is 20.8 Å². The fourth-order valence-electron chi connectivity index (χ4n) is 1.38. The number of rotatable bonds is 3. The van der Waals surface area contributed by atoms with Crippen LogP contribution in [-0.2, 0) is 0 Å². The summed E-state index contributed by atoms with van der Waals surface area (Å²) in [7, 11) is 0. The molecule has 0 bridgehead atoms. The zero-order valence-electron chi connectivity index (χ0n) is 10.0. The van der Waals surface area contributed by atoms with E-state index in [-0.39, 0.29) is 5.69 Å². The van der Waals surface area contributed by atoms with Gasteiger partial charge in [-0.05, 0) is 19.1 Å². The summed E-state index contributed by atoms with van der Waals surface area (Å²) in [5.74, 6) is -0.0676.